The number of halogens is 2. The fourth-order valence-electron chi connectivity index (χ4n) is 2.71. The van der Waals surface area contributed by atoms with Gasteiger partial charge in [-0.15, -0.1) is 0 Å². The summed E-state index contributed by atoms with van der Waals surface area (Å²) in [5, 5.41) is 2.80. The standard InChI is InChI=1S/C19H18F2N2O3/c1-2-26-17-6-4-3-5-16(17)22-18(24)13-10-23(11-13)19(25)12-7-8-14(20)15(21)9-12/h3-9,13H,2,10-11H2,1H3,(H,22,24). The molecule has 2 aromatic rings. The SMILES string of the molecule is CCOc1ccccc1NC(=O)C1CN(C(=O)c2ccc(F)c(F)c2)C1. The van der Waals surface area contributed by atoms with Crippen LogP contribution in [-0.4, -0.2) is 36.4 Å². The molecule has 0 unspecified atom stereocenters. The third-order valence-corrected chi connectivity index (χ3v) is 4.15. The first kappa shape index (κ1) is 17.8. The molecule has 0 bridgehead atoms. The first-order valence-electron chi connectivity index (χ1n) is 8.26. The van der Waals surface area contributed by atoms with Gasteiger partial charge in [0.05, 0.1) is 18.2 Å². The molecule has 1 aliphatic rings. The second-order valence-corrected chi connectivity index (χ2v) is 5.95. The van der Waals surface area contributed by atoms with Crippen LogP contribution in [-0.2, 0) is 4.79 Å². The number of benzene rings is 2. The number of para-hydroxylation sites is 2. The first-order chi connectivity index (χ1) is 12.5. The van der Waals surface area contributed by atoms with Crippen molar-refractivity contribution < 1.29 is 23.1 Å². The van der Waals surface area contributed by atoms with Gasteiger partial charge in [-0.25, -0.2) is 8.78 Å². The fraction of sp³-hybridized carbons (Fsp3) is 0.263. The van der Waals surface area contributed by atoms with Gasteiger partial charge in [0.25, 0.3) is 5.91 Å². The zero-order valence-electron chi connectivity index (χ0n) is 14.2. The summed E-state index contributed by atoms with van der Waals surface area (Å²) >= 11 is 0. The maximum absolute atomic E-state index is 13.3. The van der Waals surface area contributed by atoms with Crippen LogP contribution in [0.2, 0.25) is 0 Å². The number of nitrogens with one attached hydrogen (secondary N) is 1. The van der Waals surface area contributed by atoms with Crippen molar-refractivity contribution in [3.63, 3.8) is 0 Å². The molecule has 0 saturated carbocycles. The van der Waals surface area contributed by atoms with E-state index in [4.69, 9.17) is 4.74 Å². The Hall–Kier alpha value is -2.96. The Morgan fingerprint density at radius 2 is 1.88 bits per heavy atom. The highest BCUT2D eigenvalue weighted by Gasteiger charge is 2.36. The van der Waals surface area contributed by atoms with E-state index in [9.17, 15) is 18.4 Å². The summed E-state index contributed by atoms with van der Waals surface area (Å²) in [4.78, 5) is 26.0. The van der Waals surface area contributed by atoms with E-state index in [1.54, 1.807) is 18.2 Å². The van der Waals surface area contributed by atoms with Crippen molar-refractivity contribution in [3.05, 3.63) is 59.7 Å². The largest absolute Gasteiger partial charge is 0.492 e. The van der Waals surface area contributed by atoms with Gasteiger partial charge in [-0.2, -0.15) is 0 Å². The van der Waals surface area contributed by atoms with Gasteiger partial charge < -0.3 is 15.0 Å². The predicted molar refractivity (Wildman–Crippen MR) is 92.0 cm³/mol. The summed E-state index contributed by atoms with van der Waals surface area (Å²) < 4.78 is 31.7. The number of likely N-dealkylation sites (tertiary alicyclic amines) is 1. The molecule has 1 aliphatic heterocycles. The van der Waals surface area contributed by atoms with Gasteiger partial charge in [-0.3, -0.25) is 9.59 Å². The normalized spacial score (nSPS) is 13.9. The molecule has 0 spiro atoms. The van der Waals surface area contributed by atoms with Crippen LogP contribution in [0.4, 0.5) is 14.5 Å². The van der Waals surface area contributed by atoms with Crippen molar-refractivity contribution in [3.8, 4) is 5.75 Å². The highest BCUT2D eigenvalue weighted by atomic mass is 19.2. The maximum Gasteiger partial charge on any atom is 0.254 e. The predicted octanol–water partition coefficient (Wildman–Crippen LogP) is 3.07. The minimum absolute atomic E-state index is 0.0597. The molecule has 7 heteroatoms. The second kappa shape index (κ2) is 7.51. The van der Waals surface area contributed by atoms with Gasteiger partial charge in [0.1, 0.15) is 5.75 Å². The third-order valence-electron chi connectivity index (χ3n) is 4.15. The van der Waals surface area contributed by atoms with Crippen molar-refractivity contribution in [2.75, 3.05) is 25.0 Å². The number of nitrogens with zero attached hydrogens (tertiary/aromatic N) is 1. The van der Waals surface area contributed by atoms with E-state index >= 15 is 0 Å². The highest BCUT2D eigenvalue weighted by molar-refractivity contribution is 5.99. The molecule has 2 aromatic carbocycles. The average Bonchev–Trinajstić information content (AvgIpc) is 2.58. The number of hydrogen-bond donors (Lipinski definition) is 1. The Labute approximate surface area is 149 Å². The highest BCUT2D eigenvalue weighted by Crippen LogP contribution is 2.26. The Morgan fingerprint density at radius 3 is 2.58 bits per heavy atom. The molecular weight excluding hydrogens is 342 g/mol. The first-order valence-corrected chi connectivity index (χ1v) is 8.26. The fourth-order valence-corrected chi connectivity index (χ4v) is 2.71. The van der Waals surface area contributed by atoms with E-state index in [0.717, 1.165) is 12.1 Å². The number of amides is 2. The Balaban J connectivity index is 1.58. The number of hydrogen-bond acceptors (Lipinski definition) is 3. The quantitative estimate of drug-likeness (QED) is 0.892. The van der Waals surface area contributed by atoms with Gasteiger partial charge in [-0.1, -0.05) is 12.1 Å². The summed E-state index contributed by atoms with van der Waals surface area (Å²) in [7, 11) is 0. The second-order valence-electron chi connectivity index (χ2n) is 5.95. The molecule has 3 rings (SSSR count). The van der Waals surface area contributed by atoms with E-state index in [0.29, 0.717) is 18.0 Å². The van der Waals surface area contributed by atoms with Gasteiger partial charge >= 0.3 is 0 Å². The topological polar surface area (TPSA) is 58.6 Å². The van der Waals surface area contributed by atoms with Crippen molar-refractivity contribution in [2.45, 2.75) is 6.92 Å². The summed E-state index contributed by atoms with van der Waals surface area (Å²) in [5.74, 6) is -2.50. The number of carbonyl (C=O) groups excluding carboxylic acids is 2. The monoisotopic (exact) mass is 360 g/mol. The van der Waals surface area contributed by atoms with Crippen LogP contribution in [0.5, 0.6) is 5.75 Å². The van der Waals surface area contributed by atoms with Gasteiger partial charge in [0, 0.05) is 18.7 Å². The molecule has 0 aromatic heterocycles. The molecular formula is C19H18F2N2O3. The van der Waals surface area contributed by atoms with Crippen molar-refractivity contribution in [1.82, 2.24) is 4.90 Å². The van der Waals surface area contributed by atoms with Crippen LogP contribution in [0.15, 0.2) is 42.5 Å². The summed E-state index contributed by atoms with van der Waals surface area (Å²) in [6.45, 7) is 2.78. The summed E-state index contributed by atoms with van der Waals surface area (Å²) in [6.07, 6.45) is 0. The molecule has 0 aliphatic carbocycles. The molecule has 1 saturated heterocycles. The summed E-state index contributed by atoms with van der Waals surface area (Å²) in [5.41, 5.74) is 0.634. The number of anilines is 1. The van der Waals surface area contributed by atoms with Crippen molar-refractivity contribution >= 4 is 17.5 Å². The van der Waals surface area contributed by atoms with E-state index in [1.807, 2.05) is 13.0 Å². The molecule has 26 heavy (non-hydrogen) atoms. The van der Waals surface area contributed by atoms with E-state index in [1.165, 1.54) is 11.0 Å². The lowest BCUT2D eigenvalue weighted by Crippen LogP contribution is -2.54. The molecule has 1 heterocycles. The van der Waals surface area contributed by atoms with Gasteiger partial charge in [0.15, 0.2) is 11.6 Å². The minimum atomic E-state index is -1.07. The molecule has 0 atom stereocenters. The molecule has 1 fully saturated rings. The van der Waals surface area contributed by atoms with E-state index in [2.05, 4.69) is 5.32 Å². The number of carbonyl (C=O) groups is 2. The Morgan fingerprint density at radius 1 is 1.15 bits per heavy atom. The van der Waals surface area contributed by atoms with Crippen LogP contribution >= 0.6 is 0 Å². The van der Waals surface area contributed by atoms with Crippen molar-refractivity contribution in [1.29, 1.82) is 0 Å². The molecule has 1 N–H and O–H groups in total. The van der Waals surface area contributed by atoms with Crippen LogP contribution in [0.1, 0.15) is 17.3 Å². The van der Waals surface area contributed by atoms with Crippen molar-refractivity contribution in [2.24, 2.45) is 5.92 Å². The van der Waals surface area contributed by atoms with Crippen LogP contribution < -0.4 is 10.1 Å². The lowest BCUT2D eigenvalue weighted by molar-refractivity contribution is -0.123. The average molecular weight is 360 g/mol. The minimum Gasteiger partial charge on any atom is -0.492 e. The van der Waals surface area contributed by atoms with E-state index < -0.39 is 17.5 Å². The van der Waals surface area contributed by atoms with Gasteiger partial charge in [0.2, 0.25) is 5.91 Å². The van der Waals surface area contributed by atoms with Crippen LogP contribution in [0, 0.1) is 17.6 Å². The van der Waals surface area contributed by atoms with Gasteiger partial charge in [-0.05, 0) is 37.3 Å². The van der Waals surface area contributed by atoms with Crippen LogP contribution in [0.3, 0.4) is 0 Å². The lowest BCUT2D eigenvalue weighted by atomic mass is 9.97. The molecule has 2 amide bonds. The van der Waals surface area contributed by atoms with Crippen LogP contribution in [0.25, 0.3) is 0 Å². The number of rotatable bonds is 5. The maximum atomic E-state index is 13.3. The molecule has 5 nitrogen and oxygen atoms in total. The Bertz CT molecular complexity index is 835. The smallest absolute Gasteiger partial charge is 0.254 e. The number of ether oxygens (including phenoxy) is 1. The summed E-state index contributed by atoms with van der Waals surface area (Å²) in [6, 6.07) is 10.1. The van der Waals surface area contributed by atoms with E-state index in [-0.39, 0.29) is 30.5 Å². The zero-order chi connectivity index (χ0) is 18.7. The Kier molecular flexibility index (Phi) is 5.16. The molecule has 0 radical (unpaired) electrons. The molecule has 136 valence electrons. The third kappa shape index (κ3) is 3.66. The zero-order valence-corrected chi connectivity index (χ0v) is 14.2. The lowest BCUT2D eigenvalue weighted by Gasteiger charge is -2.38.